The fourth-order valence-corrected chi connectivity index (χ4v) is 3.72. The van der Waals surface area contributed by atoms with E-state index in [9.17, 15) is 9.59 Å². The van der Waals surface area contributed by atoms with Crippen LogP contribution in [0, 0.1) is 0 Å². The van der Waals surface area contributed by atoms with Crippen LogP contribution >= 0.6 is 0 Å². The summed E-state index contributed by atoms with van der Waals surface area (Å²) in [5, 5.41) is 2.92. The minimum atomic E-state index is -0.0154. The van der Waals surface area contributed by atoms with Crippen LogP contribution in [0.4, 0.5) is 11.4 Å². The van der Waals surface area contributed by atoms with E-state index >= 15 is 0 Å². The number of nitrogens with zero attached hydrogens (tertiary/aromatic N) is 4. The zero-order valence-electron chi connectivity index (χ0n) is 16.1. The number of carbonyl (C=O) groups excluding carboxylic acids is 2. The number of amides is 2. The topological polar surface area (TPSA) is 68.8 Å². The highest BCUT2D eigenvalue weighted by atomic mass is 16.2. The van der Waals surface area contributed by atoms with Crippen LogP contribution in [0.3, 0.4) is 0 Å². The maximum Gasteiger partial charge on any atom is 0.254 e. The molecule has 1 fully saturated rings. The third kappa shape index (κ3) is 3.99. The number of pyridine rings is 1. The van der Waals surface area contributed by atoms with E-state index in [0.717, 1.165) is 31.0 Å². The summed E-state index contributed by atoms with van der Waals surface area (Å²) >= 11 is 0. The standard InChI is InChI=1S/C21H25N5O2/c1-24-9-7-20(27)23-18-14-16(5-6-19(18)24)21(28)26-12-10-25(11-13-26)15-17-4-2-3-8-22-17/h2-6,8,14H,7,9-13,15H2,1H3,(H,23,27). The fourth-order valence-electron chi connectivity index (χ4n) is 3.72. The Hall–Kier alpha value is -2.93. The summed E-state index contributed by atoms with van der Waals surface area (Å²) in [4.78, 5) is 35.5. The van der Waals surface area contributed by atoms with Gasteiger partial charge in [0.05, 0.1) is 17.1 Å². The van der Waals surface area contributed by atoms with Crippen molar-refractivity contribution < 1.29 is 9.59 Å². The number of aromatic nitrogens is 1. The number of piperazine rings is 1. The van der Waals surface area contributed by atoms with E-state index < -0.39 is 0 Å². The third-order valence-corrected chi connectivity index (χ3v) is 5.37. The molecule has 4 rings (SSSR count). The lowest BCUT2D eigenvalue weighted by molar-refractivity contribution is -0.115. The van der Waals surface area contributed by atoms with Gasteiger partial charge in [0.1, 0.15) is 0 Å². The van der Waals surface area contributed by atoms with Crippen LogP contribution in [-0.2, 0) is 11.3 Å². The van der Waals surface area contributed by atoms with E-state index in [0.29, 0.717) is 37.3 Å². The van der Waals surface area contributed by atoms with Gasteiger partial charge >= 0.3 is 0 Å². The smallest absolute Gasteiger partial charge is 0.254 e. The Labute approximate surface area is 164 Å². The second kappa shape index (κ2) is 7.98. The molecule has 28 heavy (non-hydrogen) atoms. The monoisotopic (exact) mass is 379 g/mol. The Morgan fingerprint density at radius 3 is 2.68 bits per heavy atom. The molecule has 2 amide bonds. The van der Waals surface area contributed by atoms with Crippen LogP contribution in [0.1, 0.15) is 22.5 Å². The summed E-state index contributed by atoms with van der Waals surface area (Å²) in [6.07, 6.45) is 2.26. The van der Waals surface area contributed by atoms with Gasteiger partial charge in [0.2, 0.25) is 5.91 Å². The number of nitrogens with one attached hydrogen (secondary N) is 1. The molecule has 1 aromatic heterocycles. The van der Waals surface area contributed by atoms with Crippen molar-refractivity contribution in [2.24, 2.45) is 0 Å². The van der Waals surface area contributed by atoms with Gasteiger partial charge < -0.3 is 15.1 Å². The van der Waals surface area contributed by atoms with Gasteiger partial charge in [-0.1, -0.05) is 6.07 Å². The van der Waals surface area contributed by atoms with Gasteiger partial charge in [0, 0.05) is 64.5 Å². The van der Waals surface area contributed by atoms with E-state index in [4.69, 9.17) is 0 Å². The number of hydrogen-bond donors (Lipinski definition) is 1. The highest BCUT2D eigenvalue weighted by Crippen LogP contribution is 2.29. The average molecular weight is 379 g/mol. The number of hydrogen-bond acceptors (Lipinski definition) is 5. The van der Waals surface area contributed by atoms with E-state index in [2.05, 4.69) is 15.2 Å². The summed E-state index contributed by atoms with van der Waals surface area (Å²) in [5.41, 5.74) is 3.33. The second-order valence-corrected chi connectivity index (χ2v) is 7.34. The molecule has 3 heterocycles. The third-order valence-electron chi connectivity index (χ3n) is 5.37. The number of carbonyl (C=O) groups is 2. The zero-order chi connectivity index (χ0) is 19.5. The molecule has 0 spiro atoms. The van der Waals surface area contributed by atoms with Crippen molar-refractivity contribution in [3.8, 4) is 0 Å². The van der Waals surface area contributed by atoms with Gasteiger partial charge in [-0.05, 0) is 30.3 Å². The molecule has 2 aliphatic rings. The van der Waals surface area contributed by atoms with Crippen molar-refractivity contribution in [2.45, 2.75) is 13.0 Å². The zero-order valence-corrected chi connectivity index (χ0v) is 16.1. The van der Waals surface area contributed by atoms with Crippen molar-refractivity contribution in [3.63, 3.8) is 0 Å². The summed E-state index contributed by atoms with van der Waals surface area (Å²) in [6, 6.07) is 11.5. The van der Waals surface area contributed by atoms with Gasteiger partial charge in [-0.3, -0.25) is 19.5 Å². The van der Waals surface area contributed by atoms with Crippen LogP contribution < -0.4 is 10.2 Å². The average Bonchev–Trinajstić information content (AvgIpc) is 2.86. The molecule has 7 heteroatoms. The van der Waals surface area contributed by atoms with Gasteiger partial charge in [-0.2, -0.15) is 0 Å². The molecule has 146 valence electrons. The molecule has 0 saturated carbocycles. The second-order valence-electron chi connectivity index (χ2n) is 7.34. The predicted molar refractivity (Wildman–Crippen MR) is 108 cm³/mol. The highest BCUT2D eigenvalue weighted by molar-refractivity contribution is 6.00. The predicted octanol–water partition coefficient (Wildman–Crippen LogP) is 1.82. The van der Waals surface area contributed by atoms with Crippen molar-refractivity contribution in [1.29, 1.82) is 0 Å². The van der Waals surface area contributed by atoms with Gasteiger partial charge in [-0.15, -0.1) is 0 Å². The molecule has 0 aliphatic carbocycles. The van der Waals surface area contributed by atoms with E-state index in [1.54, 1.807) is 6.07 Å². The normalized spacial score (nSPS) is 17.7. The van der Waals surface area contributed by atoms with Crippen molar-refractivity contribution >= 4 is 23.2 Å². The molecular weight excluding hydrogens is 354 g/mol. The summed E-state index contributed by atoms with van der Waals surface area (Å²) < 4.78 is 0. The Morgan fingerprint density at radius 2 is 1.93 bits per heavy atom. The molecule has 1 N–H and O–H groups in total. The van der Waals surface area contributed by atoms with Crippen molar-refractivity contribution in [2.75, 3.05) is 50.0 Å². The summed E-state index contributed by atoms with van der Waals surface area (Å²) in [5.74, 6) is -0.000213. The molecule has 7 nitrogen and oxygen atoms in total. The SMILES string of the molecule is CN1CCC(=O)Nc2cc(C(=O)N3CCN(Cc4ccccn4)CC3)ccc21. The number of benzene rings is 1. The fraction of sp³-hybridized carbons (Fsp3) is 0.381. The van der Waals surface area contributed by atoms with Crippen LogP contribution in [0.25, 0.3) is 0 Å². The minimum Gasteiger partial charge on any atom is -0.372 e. The first kappa shape index (κ1) is 18.4. The first-order valence-corrected chi connectivity index (χ1v) is 9.67. The van der Waals surface area contributed by atoms with Crippen LogP contribution in [-0.4, -0.2) is 66.4 Å². The Kier molecular flexibility index (Phi) is 5.25. The Balaban J connectivity index is 1.41. The van der Waals surface area contributed by atoms with Crippen LogP contribution in [0.5, 0.6) is 0 Å². The maximum absolute atomic E-state index is 13.0. The molecule has 1 saturated heterocycles. The van der Waals surface area contributed by atoms with Crippen LogP contribution in [0.15, 0.2) is 42.6 Å². The maximum atomic E-state index is 13.0. The number of fused-ring (bicyclic) bond motifs is 1. The van der Waals surface area contributed by atoms with Crippen molar-refractivity contribution in [1.82, 2.24) is 14.8 Å². The molecule has 2 aromatic rings. The van der Waals surface area contributed by atoms with E-state index in [-0.39, 0.29) is 11.8 Å². The molecule has 2 aliphatic heterocycles. The number of rotatable bonds is 3. The van der Waals surface area contributed by atoms with Gasteiger partial charge in [0.15, 0.2) is 0 Å². The quantitative estimate of drug-likeness (QED) is 0.881. The Bertz CT molecular complexity index is 862. The molecule has 0 bridgehead atoms. The lowest BCUT2D eigenvalue weighted by atomic mass is 10.1. The molecule has 0 unspecified atom stereocenters. The first-order valence-electron chi connectivity index (χ1n) is 9.67. The summed E-state index contributed by atoms with van der Waals surface area (Å²) in [7, 11) is 1.96. The molecule has 0 atom stereocenters. The summed E-state index contributed by atoms with van der Waals surface area (Å²) in [6.45, 7) is 4.51. The van der Waals surface area contributed by atoms with Gasteiger partial charge in [0.25, 0.3) is 5.91 Å². The Morgan fingerprint density at radius 1 is 1.11 bits per heavy atom. The number of anilines is 2. The first-order chi connectivity index (χ1) is 13.6. The molecule has 1 aromatic carbocycles. The largest absolute Gasteiger partial charge is 0.372 e. The lowest BCUT2D eigenvalue weighted by Gasteiger charge is -2.34. The minimum absolute atomic E-state index is 0.0152. The van der Waals surface area contributed by atoms with E-state index in [1.165, 1.54) is 0 Å². The van der Waals surface area contributed by atoms with Crippen LogP contribution in [0.2, 0.25) is 0 Å². The van der Waals surface area contributed by atoms with Crippen molar-refractivity contribution in [3.05, 3.63) is 53.9 Å². The van der Waals surface area contributed by atoms with E-state index in [1.807, 2.05) is 53.4 Å². The lowest BCUT2D eigenvalue weighted by Crippen LogP contribution is -2.48. The van der Waals surface area contributed by atoms with Gasteiger partial charge in [-0.25, -0.2) is 0 Å². The molecular formula is C21H25N5O2. The molecule has 0 radical (unpaired) electrons. The highest BCUT2D eigenvalue weighted by Gasteiger charge is 2.24.